The molecule has 3 atom stereocenters. The summed E-state index contributed by atoms with van der Waals surface area (Å²) in [5.74, 6) is -1.51. The molecule has 1 aromatic carbocycles. The Labute approximate surface area is 146 Å². The molecule has 1 aliphatic heterocycles. The number of hydrogen-bond acceptors (Lipinski definition) is 4. The van der Waals surface area contributed by atoms with E-state index in [1.807, 2.05) is 0 Å². The zero-order valence-electron chi connectivity index (χ0n) is 14.5. The Morgan fingerprint density at radius 1 is 1.12 bits per heavy atom. The van der Waals surface area contributed by atoms with Gasteiger partial charge in [0.15, 0.2) is 5.78 Å². The number of ketones is 1. The lowest BCUT2D eigenvalue weighted by molar-refractivity contribution is -0.146. The van der Waals surface area contributed by atoms with Gasteiger partial charge in [-0.25, -0.2) is 0 Å². The fourth-order valence-corrected chi connectivity index (χ4v) is 3.75. The highest BCUT2D eigenvalue weighted by Crippen LogP contribution is 2.38. The molecule has 1 N–H and O–H groups in total. The molecule has 1 saturated heterocycles. The Kier molecular flexibility index (Phi) is 4.70. The standard InChI is InChI=1S/C19H22N2O4/c1-11(17(23)20-14-7-5-6-13(10-14)12(2)22)21-18(24)15-8-3-4-9-16(15)19(21)25/h5-7,10-11,15-16H,3-4,8-9H2,1-2H3,(H,20,23). The number of nitrogens with zero attached hydrogens (tertiary/aromatic N) is 1. The van der Waals surface area contributed by atoms with Crippen molar-refractivity contribution in [1.82, 2.24) is 4.90 Å². The van der Waals surface area contributed by atoms with Gasteiger partial charge in [-0.15, -0.1) is 0 Å². The molecule has 0 spiro atoms. The van der Waals surface area contributed by atoms with Crippen LogP contribution in [0.2, 0.25) is 0 Å². The van der Waals surface area contributed by atoms with Crippen LogP contribution in [0.3, 0.4) is 0 Å². The number of amides is 3. The minimum Gasteiger partial charge on any atom is -0.324 e. The van der Waals surface area contributed by atoms with Crippen molar-refractivity contribution in [3.05, 3.63) is 29.8 Å². The van der Waals surface area contributed by atoms with E-state index in [9.17, 15) is 19.2 Å². The highest BCUT2D eigenvalue weighted by atomic mass is 16.2. The summed E-state index contributed by atoms with van der Waals surface area (Å²) >= 11 is 0. The lowest BCUT2D eigenvalue weighted by atomic mass is 9.81. The van der Waals surface area contributed by atoms with Gasteiger partial charge in [0.25, 0.3) is 0 Å². The summed E-state index contributed by atoms with van der Waals surface area (Å²) in [5, 5.41) is 2.70. The van der Waals surface area contributed by atoms with Crippen LogP contribution in [-0.2, 0) is 14.4 Å². The van der Waals surface area contributed by atoms with Gasteiger partial charge in [0.05, 0.1) is 11.8 Å². The van der Waals surface area contributed by atoms with Crippen molar-refractivity contribution in [3.8, 4) is 0 Å². The van der Waals surface area contributed by atoms with Gasteiger partial charge in [0, 0.05) is 11.3 Å². The Balaban J connectivity index is 1.74. The summed E-state index contributed by atoms with van der Waals surface area (Å²) in [5.41, 5.74) is 0.964. The van der Waals surface area contributed by atoms with Crippen molar-refractivity contribution >= 4 is 29.2 Å². The normalized spacial score (nSPS) is 24.0. The highest BCUT2D eigenvalue weighted by molar-refractivity contribution is 6.10. The van der Waals surface area contributed by atoms with Crippen molar-refractivity contribution in [3.63, 3.8) is 0 Å². The van der Waals surface area contributed by atoms with Gasteiger partial charge >= 0.3 is 0 Å². The summed E-state index contributed by atoms with van der Waals surface area (Å²) in [6.07, 6.45) is 3.35. The van der Waals surface area contributed by atoms with Gasteiger partial charge in [-0.05, 0) is 38.8 Å². The maximum absolute atomic E-state index is 12.6. The molecule has 6 nitrogen and oxygen atoms in total. The van der Waals surface area contributed by atoms with Crippen LogP contribution in [0.15, 0.2) is 24.3 Å². The van der Waals surface area contributed by atoms with E-state index >= 15 is 0 Å². The second-order valence-corrected chi connectivity index (χ2v) is 6.85. The molecule has 0 aromatic heterocycles. The third-order valence-corrected chi connectivity index (χ3v) is 5.18. The first-order chi connectivity index (χ1) is 11.9. The van der Waals surface area contributed by atoms with E-state index in [1.165, 1.54) is 6.92 Å². The smallest absolute Gasteiger partial charge is 0.247 e. The maximum atomic E-state index is 12.6. The van der Waals surface area contributed by atoms with Crippen LogP contribution >= 0.6 is 0 Å². The molecule has 1 aromatic rings. The number of anilines is 1. The monoisotopic (exact) mass is 342 g/mol. The average molecular weight is 342 g/mol. The molecule has 3 amide bonds. The molecule has 2 fully saturated rings. The summed E-state index contributed by atoms with van der Waals surface area (Å²) in [6, 6.07) is 5.73. The van der Waals surface area contributed by atoms with E-state index in [2.05, 4.69) is 5.32 Å². The summed E-state index contributed by atoms with van der Waals surface area (Å²) in [4.78, 5) is 50.3. The predicted octanol–water partition coefficient (Wildman–Crippen LogP) is 2.39. The van der Waals surface area contributed by atoms with Crippen molar-refractivity contribution in [2.24, 2.45) is 11.8 Å². The Bertz CT molecular complexity index is 719. The van der Waals surface area contributed by atoms with E-state index in [-0.39, 0.29) is 29.4 Å². The topological polar surface area (TPSA) is 83.6 Å². The number of Topliss-reactive ketones (excluding diaryl/α,β-unsaturated/α-hetero) is 1. The molecular weight excluding hydrogens is 320 g/mol. The zero-order valence-corrected chi connectivity index (χ0v) is 14.5. The van der Waals surface area contributed by atoms with Crippen molar-refractivity contribution in [2.45, 2.75) is 45.6 Å². The fourth-order valence-electron chi connectivity index (χ4n) is 3.75. The Hall–Kier alpha value is -2.50. The summed E-state index contributed by atoms with van der Waals surface area (Å²) < 4.78 is 0. The lowest BCUT2D eigenvalue weighted by Crippen LogP contribution is -2.46. The van der Waals surface area contributed by atoms with E-state index in [0.717, 1.165) is 30.6 Å². The van der Waals surface area contributed by atoms with Gasteiger partial charge in [-0.1, -0.05) is 25.0 Å². The quantitative estimate of drug-likeness (QED) is 0.673. The molecule has 1 aliphatic carbocycles. The van der Waals surface area contributed by atoms with E-state index in [0.29, 0.717) is 11.3 Å². The number of likely N-dealkylation sites (tertiary alicyclic amines) is 1. The Morgan fingerprint density at radius 3 is 2.28 bits per heavy atom. The second-order valence-electron chi connectivity index (χ2n) is 6.85. The first kappa shape index (κ1) is 17.3. The van der Waals surface area contributed by atoms with Gasteiger partial charge in [-0.2, -0.15) is 0 Å². The molecule has 132 valence electrons. The molecule has 1 saturated carbocycles. The average Bonchev–Trinajstić information content (AvgIpc) is 2.86. The SMILES string of the molecule is CC(=O)c1cccc(NC(=O)C(C)N2C(=O)C3CCCCC3C2=O)c1. The van der Waals surface area contributed by atoms with Gasteiger partial charge in [-0.3, -0.25) is 24.1 Å². The maximum Gasteiger partial charge on any atom is 0.247 e. The first-order valence-corrected chi connectivity index (χ1v) is 8.69. The molecular formula is C19H22N2O4. The van der Waals surface area contributed by atoms with Crippen LogP contribution < -0.4 is 5.32 Å². The number of imide groups is 1. The number of carbonyl (C=O) groups excluding carboxylic acids is 4. The molecule has 2 aliphatic rings. The van der Waals surface area contributed by atoms with Crippen LogP contribution in [0.1, 0.15) is 49.9 Å². The third-order valence-electron chi connectivity index (χ3n) is 5.18. The number of carbonyl (C=O) groups is 4. The van der Waals surface area contributed by atoms with E-state index in [1.54, 1.807) is 31.2 Å². The number of nitrogens with one attached hydrogen (secondary N) is 1. The number of fused-ring (bicyclic) bond motifs is 1. The fraction of sp³-hybridized carbons (Fsp3) is 0.474. The number of rotatable bonds is 4. The van der Waals surface area contributed by atoms with Crippen LogP contribution in [0.5, 0.6) is 0 Å². The van der Waals surface area contributed by atoms with Gasteiger partial charge in [0.2, 0.25) is 17.7 Å². The molecule has 0 radical (unpaired) electrons. The molecule has 1 heterocycles. The first-order valence-electron chi connectivity index (χ1n) is 8.69. The minimum atomic E-state index is -0.869. The van der Waals surface area contributed by atoms with Gasteiger partial charge in [0.1, 0.15) is 6.04 Å². The van der Waals surface area contributed by atoms with Gasteiger partial charge < -0.3 is 5.32 Å². The molecule has 0 bridgehead atoms. The van der Waals surface area contributed by atoms with Crippen LogP contribution in [0.25, 0.3) is 0 Å². The summed E-state index contributed by atoms with van der Waals surface area (Å²) in [6.45, 7) is 3.02. The van der Waals surface area contributed by atoms with Crippen LogP contribution in [-0.4, -0.2) is 34.4 Å². The lowest BCUT2D eigenvalue weighted by Gasteiger charge is -2.22. The van der Waals surface area contributed by atoms with E-state index in [4.69, 9.17) is 0 Å². The molecule has 25 heavy (non-hydrogen) atoms. The largest absolute Gasteiger partial charge is 0.324 e. The van der Waals surface area contributed by atoms with Crippen molar-refractivity contribution in [2.75, 3.05) is 5.32 Å². The zero-order chi connectivity index (χ0) is 18.1. The van der Waals surface area contributed by atoms with Crippen molar-refractivity contribution in [1.29, 1.82) is 0 Å². The highest BCUT2D eigenvalue weighted by Gasteiger charge is 2.50. The minimum absolute atomic E-state index is 0.0990. The van der Waals surface area contributed by atoms with E-state index < -0.39 is 11.9 Å². The molecule has 6 heteroatoms. The summed E-state index contributed by atoms with van der Waals surface area (Å²) in [7, 11) is 0. The van der Waals surface area contributed by atoms with Crippen LogP contribution in [0, 0.1) is 11.8 Å². The van der Waals surface area contributed by atoms with Crippen LogP contribution in [0.4, 0.5) is 5.69 Å². The number of benzene rings is 1. The Morgan fingerprint density at radius 2 is 1.72 bits per heavy atom. The predicted molar refractivity (Wildman–Crippen MR) is 91.8 cm³/mol. The third kappa shape index (κ3) is 3.21. The molecule has 3 rings (SSSR count). The van der Waals surface area contributed by atoms with Crippen molar-refractivity contribution < 1.29 is 19.2 Å². The number of hydrogen-bond donors (Lipinski definition) is 1. The second kappa shape index (κ2) is 6.78. The molecule has 3 unspecified atom stereocenters.